The smallest absolute Gasteiger partial charge is 0.332 e. The Kier molecular flexibility index (Phi) is 4.29. The number of carboxylic acids is 1. The van der Waals surface area contributed by atoms with Crippen molar-refractivity contribution in [2.75, 3.05) is 6.61 Å². The number of nitrogens with one attached hydrogen (secondary N) is 1. The standard InChI is InChI=1S/C16H19NO5/c18-15(13-7-8-14(22-13)16(19)20)17-11-5-3-9-21-12-6-2-1-4-10(11)12/h1-2,4,6,11,13-14H,3,5,7-9H2,(H,17,18)(H,19,20)/t11?,13-,14+/m0/s1. The zero-order chi connectivity index (χ0) is 15.5. The van der Waals surface area contributed by atoms with Crippen LogP contribution in [-0.2, 0) is 14.3 Å². The summed E-state index contributed by atoms with van der Waals surface area (Å²) in [5.74, 6) is -0.463. The first-order chi connectivity index (χ1) is 10.6. The fourth-order valence-corrected chi connectivity index (χ4v) is 2.95. The van der Waals surface area contributed by atoms with Gasteiger partial charge in [-0.1, -0.05) is 18.2 Å². The Bertz CT molecular complexity index is 573. The average Bonchev–Trinajstić information content (AvgIpc) is 2.93. The fourth-order valence-electron chi connectivity index (χ4n) is 2.95. The van der Waals surface area contributed by atoms with E-state index in [1.165, 1.54) is 0 Å². The summed E-state index contributed by atoms with van der Waals surface area (Å²) >= 11 is 0. The van der Waals surface area contributed by atoms with Crippen LogP contribution in [0.15, 0.2) is 24.3 Å². The molecule has 2 heterocycles. The maximum Gasteiger partial charge on any atom is 0.332 e. The second-order valence-corrected chi connectivity index (χ2v) is 5.62. The zero-order valence-corrected chi connectivity index (χ0v) is 12.2. The molecule has 22 heavy (non-hydrogen) atoms. The highest BCUT2D eigenvalue weighted by molar-refractivity contribution is 5.83. The number of carbonyl (C=O) groups is 2. The molecule has 3 atom stereocenters. The highest BCUT2D eigenvalue weighted by Gasteiger charge is 2.35. The topological polar surface area (TPSA) is 84.9 Å². The van der Waals surface area contributed by atoms with Gasteiger partial charge in [-0.2, -0.15) is 0 Å². The van der Waals surface area contributed by atoms with Crippen molar-refractivity contribution in [3.8, 4) is 5.75 Å². The molecule has 0 radical (unpaired) electrons. The van der Waals surface area contributed by atoms with Gasteiger partial charge in [-0.25, -0.2) is 4.79 Å². The highest BCUT2D eigenvalue weighted by atomic mass is 16.5. The molecule has 118 valence electrons. The average molecular weight is 305 g/mol. The van der Waals surface area contributed by atoms with Crippen LogP contribution in [0.4, 0.5) is 0 Å². The zero-order valence-electron chi connectivity index (χ0n) is 12.2. The minimum atomic E-state index is -1.01. The van der Waals surface area contributed by atoms with Crippen LogP contribution in [0.3, 0.4) is 0 Å². The molecule has 1 aromatic carbocycles. The summed E-state index contributed by atoms with van der Waals surface area (Å²) in [6.07, 6.45) is 0.893. The lowest BCUT2D eigenvalue weighted by Gasteiger charge is -2.20. The number of fused-ring (bicyclic) bond motifs is 1. The number of amides is 1. The molecule has 2 N–H and O–H groups in total. The summed E-state index contributed by atoms with van der Waals surface area (Å²) in [6, 6.07) is 7.53. The molecule has 2 aliphatic rings. The molecular formula is C16H19NO5. The van der Waals surface area contributed by atoms with Crippen molar-refractivity contribution in [2.45, 2.75) is 43.9 Å². The van der Waals surface area contributed by atoms with Crippen molar-refractivity contribution in [1.82, 2.24) is 5.32 Å². The third-order valence-electron chi connectivity index (χ3n) is 4.09. The van der Waals surface area contributed by atoms with Gasteiger partial charge in [-0.05, 0) is 31.7 Å². The van der Waals surface area contributed by atoms with E-state index < -0.39 is 18.2 Å². The Morgan fingerprint density at radius 1 is 1.14 bits per heavy atom. The van der Waals surface area contributed by atoms with E-state index in [4.69, 9.17) is 14.6 Å². The number of hydrogen-bond acceptors (Lipinski definition) is 4. The van der Waals surface area contributed by atoms with Gasteiger partial charge < -0.3 is 19.9 Å². The Labute approximate surface area is 128 Å². The molecule has 0 saturated carbocycles. The molecule has 0 bridgehead atoms. The van der Waals surface area contributed by atoms with Crippen molar-refractivity contribution < 1.29 is 24.2 Å². The first kappa shape index (κ1) is 14.8. The van der Waals surface area contributed by atoms with E-state index in [2.05, 4.69) is 5.32 Å². The highest BCUT2D eigenvalue weighted by Crippen LogP contribution is 2.31. The number of aliphatic carboxylic acids is 1. The molecule has 1 fully saturated rings. The molecule has 0 aromatic heterocycles. The number of carboxylic acid groups (broad SMARTS) is 1. The van der Waals surface area contributed by atoms with Gasteiger partial charge in [0.15, 0.2) is 6.10 Å². The Balaban J connectivity index is 1.68. The van der Waals surface area contributed by atoms with E-state index in [1.54, 1.807) is 0 Å². The van der Waals surface area contributed by atoms with E-state index >= 15 is 0 Å². The van der Waals surface area contributed by atoms with Gasteiger partial charge in [0.05, 0.1) is 12.6 Å². The molecule has 3 rings (SSSR count). The number of hydrogen-bond donors (Lipinski definition) is 2. The molecule has 6 heteroatoms. The monoisotopic (exact) mass is 305 g/mol. The number of ether oxygens (including phenoxy) is 2. The Morgan fingerprint density at radius 2 is 1.91 bits per heavy atom. The van der Waals surface area contributed by atoms with Crippen molar-refractivity contribution in [1.29, 1.82) is 0 Å². The second-order valence-electron chi connectivity index (χ2n) is 5.62. The summed E-state index contributed by atoms with van der Waals surface area (Å²) in [5, 5.41) is 11.9. The van der Waals surface area contributed by atoms with Crippen LogP contribution in [0, 0.1) is 0 Å². The van der Waals surface area contributed by atoms with Gasteiger partial charge in [0, 0.05) is 5.56 Å². The van der Waals surface area contributed by atoms with Crippen LogP contribution in [0.1, 0.15) is 37.3 Å². The van der Waals surface area contributed by atoms with Gasteiger partial charge >= 0.3 is 5.97 Å². The van der Waals surface area contributed by atoms with Crippen molar-refractivity contribution >= 4 is 11.9 Å². The molecule has 1 amide bonds. The number of para-hydroxylation sites is 1. The predicted molar refractivity (Wildman–Crippen MR) is 77.6 cm³/mol. The van der Waals surface area contributed by atoms with Gasteiger partial charge in [0.2, 0.25) is 5.91 Å². The molecular weight excluding hydrogens is 286 g/mol. The predicted octanol–water partition coefficient (Wildman–Crippen LogP) is 1.65. The minimum absolute atomic E-state index is 0.126. The number of rotatable bonds is 3. The minimum Gasteiger partial charge on any atom is -0.493 e. The molecule has 6 nitrogen and oxygen atoms in total. The quantitative estimate of drug-likeness (QED) is 0.887. The van der Waals surface area contributed by atoms with Crippen molar-refractivity contribution in [2.24, 2.45) is 0 Å². The SMILES string of the molecule is O=C(NC1CCCOc2ccccc21)[C@@H]1CC[C@H](C(=O)O)O1. The summed E-state index contributed by atoms with van der Waals surface area (Å²) in [4.78, 5) is 23.2. The normalized spacial score (nSPS) is 27.4. The summed E-state index contributed by atoms with van der Waals surface area (Å²) < 4.78 is 11.0. The third-order valence-corrected chi connectivity index (χ3v) is 4.09. The van der Waals surface area contributed by atoms with E-state index in [9.17, 15) is 9.59 Å². The Morgan fingerprint density at radius 3 is 2.68 bits per heavy atom. The van der Waals surface area contributed by atoms with E-state index in [-0.39, 0.29) is 11.9 Å². The molecule has 1 aromatic rings. The summed E-state index contributed by atoms with van der Waals surface area (Å²) in [5.41, 5.74) is 0.959. The summed E-state index contributed by atoms with van der Waals surface area (Å²) in [6.45, 7) is 0.629. The van der Waals surface area contributed by atoms with Crippen LogP contribution in [0.5, 0.6) is 5.75 Å². The summed E-state index contributed by atoms with van der Waals surface area (Å²) in [7, 11) is 0. The Hall–Kier alpha value is -2.08. The molecule has 1 saturated heterocycles. The fraction of sp³-hybridized carbons (Fsp3) is 0.500. The van der Waals surface area contributed by atoms with Crippen molar-refractivity contribution in [3.63, 3.8) is 0 Å². The van der Waals surface area contributed by atoms with Crippen LogP contribution in [0.25, 0.3) is 0 Å². The lowest BCUT2D eigenvalue weighted by Crippen LogP contribution is -2.37. The lowest BCUT2D eigenvalue weighted by molar-refractivity contribution is -0.151. The van der Waals surface area contributed by atoms with Crippen LogP contribution < -0.4 is 10.1 Å². The van der Waals surface area contributed by atoms with Crippen molar-refractivity contribution in [3.05, 3.63) is 29.8 Å². The number of benzene rings is 1. The maximum absolute atomic E-state index is 12.3. The first-order valence-corrected chi connectivity index (χ1v) is 7.55. The second kappa shape index (κ2) is 6.36. The van der Waals surface area contributed by atoms with Crippen LogP contribution in [0.2, 0.25) is 0 Å². The van der Waals surface area contributed by atoms with Gasteiger partial charge in [-0.15, -0.1) is 0 Å². The van der Waals surface area contributed by atoms with Crippen LogP contribution in [-0.4, -0.2) is 35.8 Å². The third kappa shape index (κ3) is 3.06. The van der Waals surface area contributed by atoms with E-state index in [0.29, 0.717) is 19.4 Å². The van der Waals surface area contributed by atoms with Gasteiger partial charge in [0.1, 0.15) is 11.9 Å². The molecule has 0 aliphatic carbocycles. The number of carbonyl (C=O) groups excluding carboxylic acids is 1. The van der Waals surface area contributed by atoms with Crippen LogP contribution >= 0.6 is 0 Å². The lowest BCUT2D eigenvalue weighted by atomic mass is 10.0. The maximum atomic E-state index is 12.3. The van der Waals surface area contributed by atoms with Gasteiger partial charge in [-0.3, -0.25) is 4.79 Å². The van der Waals surface area contributed by atoms with E-state index in [0.717, 1.165) is 24.2 Å². The van der Waals surface area contributed by atoms with E-state index in [1.807, 2.05) is 24.3 Å². The first-order valence-electron chi connectivity index (χ1n) is 7.55. The molecule has 2 aliphatic heterocycles. The largest absolute Gasteiger partial charge is 0.493 e. The van der Waals surface area contributed by atoms with Gasteiger partial charge in [0.25, 0.3) is 0 Å². The molecule has 0 spiro atoms. The molecule has 1 unspecified atom stereocenters.